The van der Waals surface area contributed by atoms with E-state index in [1.54, 1.807) is 14.1 Å². The van der Waals surface area contributed by atoms with Crippen molar-refractivity contribution in [2.45, 2.75) is 0 Å². The third-order valence-corrected chi connectivity index (χ3v) is 1.86. The number of hydrogen-bond donors (Lipinski definition) is 1. The molecule has 0 unspecified atom stereocenters. The number of aromatic carboxylic acids is 1. The van der Waals surface area contributed by atoms with Crippen LogP contribution in [0.4, 0.5) is 4.39 Å². The molecule has 6 heteroatoms. The number of amides is 1. The van der Waals surface area contributed by atoms with Crippen LogP contribution in [0.5, 0.6) is 0 Å². The van der Waals surface area contributed by atoms with Gasteiger partial charge in [0.15, 0.2) is 0 Å². The van der Waals surface area contributed by atoms with Crippen LogP contribution >= 0.6 is 0 Å². The van der Waals surface area contributed by atoms with Gasteiger partial charge in [-0.1, -0.05) is 6.07 Å². The quantitative estimate of drug-likeness (QED) is 0.635. The molecular formula is C11H11FN2O3. The number of aliphatic imine (C=N–C) groups is 1. The first kappa shape index (κ1) is 12.8. The lowest BCUT2D eigenvalue weighted by molar-refractivity contribution is 0.0687. The number of rotatable bonds is 3. The molecule has 90 valence electrons. The zero-order chi connectivity index (χ0) is 13.0. The number of carbonyl (C=O) groups excluding carboxylic acids is 1. The molecule has 1 amide bonds. The van der Waals surface area contributed by atoms with Crippen LogP contribution in [0, 0.1) is 5.82 Å². The number of carboxylic acid groups (broad SMARTS) is 1. The minimum Gasteiger partial charge on any atom is -0.478 e. The highest BCUT2D eigenvalue weighted by Gasteiger charge is 2.19. The van der Waals surface area contributed by atoms with Gasteiger partial charge in [0.05, 0.1) is 11.9 Å². The van der Waals surface area contributed by atoms with E-state index in [1.807, 2.05) is 0 Å². The molecule has 0 saturated heterocycles. The SMILES string of the molecule is CN(C)/C=N/C(=O)c1cccc(F)c1C(=O)O. The third-order valence-electron chi connectivity index (χ3n) is 1.86. The normalized spacial score (nSPS) is 10.5. The second-order valence-corrected chi connectivity index (χ2v) is 3.48. The summed E-state index contributed by atoms with van der Waals surface area (Å²) >= 11 is 0. The summed E-state index contributed by atoms with van der Waals surface area (Å²) in [5.74, 6) is -3.24. The van der Waals surface area contributed by atoms with E-state index < -0.39 is 23.3 Å². The first-order valence-electron chi connectivity index (χ1n) is 4.70. The standard InChI is InChI=1S/C11H11FN2O3/c1-14(2)6-13-10(15)7-4-3-5-8(12)9(7)11(16)17/h3-6H,1-2H3,(H,16,17)/b13-6+. The molecule has 0 aliphatic heterocycles. The van der Waals surface area contributed by atoms with Crippen molar-refractivity contribution in [1.82, 2.24) is 4.90 Å². The molecular weight excluding hydrogens is 227 g/mol. The van der Waals surface area contributed by atoms with Crippen LogP contribution in [0.3, 0.4) is 0 Å². The summed E-state index contributed by atoms with van der Waals surface area (Å²) in [5.41, 5.74) is -0.927. The first-order chi connectivity index (χ1) is 7.93. The lowest BCUT2D eigenvalue weighted by Crippen LogP contribution is -2.13. The molecule has 17 heavy (non-hydrogen) atoms. The molecule has 0 fully saturated rings. The van der Waals surface area contributed by atoms with Crippen LogP contribution in [-0.4, -0.2) is 42.3 Å². The van der Waals surface area contributed by atoms with Crippen LogP contribution in [0.25, 0.3) is 0 Å². The predicted octanol–water partition coefficient (Wildman–Crippen LogP) is 1.25. The summed E-state index contributed by atoms with van der Waals surface area (Å²) in [7, 11) is 3.31. The molecule has 0 bridgehead atoms. The molecule has 0 aromatic heterocycles. The van der Waals surface area contributed by atoms with E-state index >= 15 is 0 Å². The van der Waals surface area contributed by atoms with Gasteiger partial charge in [-0.15, -0.1) is 0 Å². The number of halogens is 1. The maximum atomic E-state index is 13.3. The highest BCUT2D eigenvalue weighted by atomic mass is 19.1. The van der Waals surface area contributed by atoms with Crippen molar-refractivity contribution < 1.29 is 19.1 Å². The molecule has 0 spiro atoms. The van der Waals surface area contributed by atoms with Gasteiger partial charge in [-0.3, -0.25) is 4.79 Å². The van der Waals surface area contributed by atoms with Crippen molar-refractivity contribution in [1.29, 1.82) is 0 Å². The van der Waals surface area contributed by atoms with Crippen molar-refractivity contribution in [3.8, 4) is 0 Å². The maximum absolute atomic E-state index is 13.3. The van der Waals surface area contributed by atoms with E-state index in [-0.39, 0.29) is 5.56 Å². The van der Waals surface area contributed by atoms with Gasteiger partial charge in [0.25, 0.3) is 5.91 Å². The topological polar surface area (TPSA) is 70.0 Å². The Hall–Kier alpha value is -2.24. The molecule has 0 saturated carbocycles. The molecule has 0 atom stereocenters. The van der Waals surface area contributed by atoms with Crippen LogP contribution < -0.4 is 0 Å². The van der Waals surface area contributed by atoms with E-state index in [2.05, 4.69) is 4.99 Å². The van der Waals surface area contributed by atoms with Gasteiger partial charge in [0.2, 0.25) is 0 Å². The molecule has 0 heterocycles. The monoisotopic (exact) mass is 238 g/mol. The van der Waals surface area contributed by atoms with Gasteiger partial charge in [-0.05, 0) is 12.1 Å². The molecule has 1 N–H and O–H groups in total. The number of carboxylic acids is 1. The molecule has 0 radical (unpaired) electrons. The van der Waals surface area contributed by atoms with Crippen LogP contribution in [0.1, 0.15) is 20.7 Å². The van der Waals surface area contributed by atoms with E-state index in [0.717, 1.165) is 6.07 Å². The van der Waals surface area contributed by atoms with Crippen molar-refractivity contribution in [2.24, 2.45) is 4.99 Å². The Kier molecular flexibility index (Phi) is 3.92. The minimum absolute atomic E-state index is 0.268. The lowest BCUT2D eigenvalue weighted by atomic mass is 10.1. The Morgan fingerprint density at radius 1 is 1.41 bits per heavy atom. The van der Waals surface area contributed by atoms with Gasteiger partial charge in [-0.25, -0.2) is 9.18 Å². The number of benzene rings is 1. The summed E-state index contributed by atoms with van der Waals surface area (Å²) < 4.78 is 13.3. The Bertz CT molecular complexity index is 484. The fourth-order valence-corrected chi connectivity index (χ4v) is 1.16. The van der Waals surface area contributed by atoms with Crippen molar-refractivity contribution in [3.05, 3.63) is 35.1 Å². The summed E-state index contributed by atoms with van der Waals surface area (Å²) in [5, 5.41) is 8.82. The summed E-state index contributed by atoms with van der Waals surface area (Å²) in [6.07, 6.45) is 1.22. The van der Waals surface area contributed by atoms with E-state index in [1.165, 1.54) is 23.4 Å². The second kappa shape index (κ2) is 5.20. The molecule has 1 rings (SSSR count). The zero-order valence-electron chi connectivity index (χ0n) is 9.35. The van der Waals surface area contributed by atoms with Crippen molar-refractivity contribution in [2.75, 3.05) is 14.1 Å². The summed E-state index contributed by atoms with van der Waals surface area (Å²) in [6.45, 7) is 0. The Labute approximate surface area is 97.2 Å². The summed E-state index contributed by atoms with van der Waals surface area (Å²) in [4.78, 5) is 27.4. The van der Waals surface area contributed by atoms with E-state index in [0.29, 0.717) is 0 Å². The summed E-state index contributed by atoms with van der Waals surface area (Å²) in [6, 6.07) is 3.47. The minimum atomic E-state index is -1.49. The number of hydrogen-bond acceptors (Lipinski definition) is 2. The Morgan fingerprint density at radius 2 is 2.06 bits per heavy atom. The first-order valence-corrected chi connectivity index (χ1v) is 4.70. The Morgan fingerprint density at radius 3 is 2.59 bits per heavy atom. The average Bonchev–Trinajstić information content (AvgIpc) is 2.24. The number of carbonyl (C=O) groups is 2. The van der Waals surface area contributed by atoms with Gasteiger partial charge in [0.1, 0.15) is 11.4 Å². The zero-order valence-corrected chi connectivity index (χ0v) is 9.35. The fourth-order valence-electron chi connectivity index (χ4n) is 1.16. The van der Waals surface area contributed by atoms with E-state index in [4.69, 9.17) is 5.11 Å². The molecule has 1 aromatic rings. The maximum Gasteiger partial charge on any atom is 0.339 e. The van der Waals surface area contributed by atoms with Crippen LogP contribution in [0.2, 0.25) is 0 Å². The van der Waals surface area contributed by atoms with E-state index in [9.17, 15) is 14.0 Å². The fraction of sp³-hybridized carbons (Fsp3) is 0.182. The lowest BCUT2D eigenvalue weighted by Gasteiger charge is -2.04. The highest BCUT2D eigenvalue weighted by Crippen LogP contribution is 2.14. The highest BCUT2D eigenvalue weighted by molar-refractivity contribution is 6.07. The van der Waals surface area contributed by atoms with Crippen molar-refractivity contribution >= 4 is 18.2 Å². The van der Waals surface area contributed by atoms with Crippen molar-refractivity contribution in [3.63, 3.8) is 0 Å². The van der Waals surface area contributed by atoms with Gasteiger partial charge < -0.3 is 10.0 Å². The molecule has 5 nitrogen and oxygen atoms in total. The van der Waals surface area contributed by atoms with Crippen LogP contribution in [-0.2, 0) is 0 Å². The van der Waals surface area contributed by atoms with Gasteiger partial charge >= 0.3 is 5.97 Å². The average molecular weight is 238 g/mol. The van der Waals surface area contributed by atoms with Gasteiger partial charge in [0, 0.05) is 14.1 Å². The third kappa shape index (κ3) is 3.10. The van der Waals surface area contributed by atoms with Crippen LogP contribution in [0.15, 0.2) is 23.2 Å². The Balaban J connectivity index is 3.18. The second-order valence-electron chi connectivity index (χ2n) is 3.48. The molecule has 0 aliphatic carbocycles. The number of nitrogens with zero attached hydrogens (tertiary/aromatic N) is 2. The smallest absolute Gasteiger partial charge is 0.339 e. The largest absolute Gasteiger partial charge is 0.478 e. The molecule has 1 aromatic carbocycles. The van der Waals surface area contributed by atoms with Gasteiger partial charge in [-0.2, -0.15) is 4.99 Å². The predicted molar refractivity (Wildman–Crippen MR) is 59.9 cm³/mol. The molecule has 0 aliphatic rings.